The van der Waals surface area contributed by atoms with Crippen LogP contribution in [0.1, 0.15) is 12.5 Å². The molecule has 0 aromatic heterocycles. The topological polar surface area (TPSA) is 56.8 Å². The van der Waals surface area contributed by atoms with Crippen molar-refractivity contribution in [3.8, 4) is 17.2 Å². The second-order valence-corrected chi connectivity index (χ2v) is 6.51. The number of carbonyl (C=O) groups excluding carboxylic acids is 1. The van der Waals surface area contributed by atoms with E-state index in [-0.39, 0.29) is 5.91 Å². The van der Waals surface area contributed by atoms with Crippen molar-refractivity contribution >= 4 is 11.6 Å². The summed E-state index contributed by atoms with van der Waals surface area (Å²) in [6.45, 7) is 2.29. The number of carbonyl (C=O) groups is 1. The summed E-state index contributed by atoms with van der Waals surface area (Å²) in [4.78, 5) is 12.4. The van der Waals surface area contributed by atoms with E-state index in [1.807, 2.05) is 54.6 Å². The van der Waals surface area contributed by atoms with Crippen molar-refractivity contribution in [3.05, 3.63) is 84.4 Å². The third-order valence-electron chi connectivity index (χ3n) is 4.37. The first-order valence-electron chi connectivity index (χ1n) is 9.53. The summed E-state index contributed by atoms with van der Waals surface area (Å²) in [5.41, 5.74) is 1.92. The fraction of sp³-hybridized carbons (Fsp3) is 0.208. The van der Waals surface area contributed by atoms with Gasteiger partial charge in [0.15, 0.2) is 17.6 Å². The number of ether oxygens (including phenoxy) is 3. The second-order valence-electron chi connectivity index (χ2n) is 6.51. The second kappa shape index (κ2) is 10.2. The van der Waals surface area contributed by atoms with Gasteiger partial charge in [-0.1, -0.05) is 42.5 Å². The van der Waals surface area contributed by atoms with Crippen LogP contribution in [0.25, 0.3) is 0 Å². The molecule has 29 heavy (non-hydrogen) atoms. The van der Waals surface area contributed by atoms with E-state index >= 15 is 0 Å². The van der Waals surface area contributed by atoms with E-state index in [4.69, 9.17) is 14.2 Å². The lowest BCUT2D eigenvalue weighted by Crippen LogP contribution is -2.30. The number of nitrogens with one attached hydrogen (secondary N) is 1. The molecule has 3 rings (SSSR count). The molecule has 3 aromatic carbocycles. The van der Waals surface area contributed by atoms with Crippen LogP contribution in [0.3, 0.4) is 0 Å². The zero-order valence-corrected chi connectivity index (χ0v) is 16.6. The zero-order valence-electron chi connectivity index (χ0n) is 16.6. The molecule has 0 heterocycles. The lowest BCUT2D eigenvalue weighted by atomic mass is 10.2. The summed E-state index contributed by atoms with van der Waals surface area (Å²) >= 11 is 0. The lowest BCUT2D eigenvalue weighted by Gasteiger charge is -2.16. The van der Waals surface area contributed by atoms with Crippen molar-refractivity contribution in [3.63, 3.8) is 0 Å². The van der Waals surface area contributed by atoms with E-state index in [0.29, 0.717) is 23.8 Å². The normalized spacial score (nSPS) is 11.4. The van der Waals surface area contributed by atoms with Crippen LogP contribution in [0.15, 0.2) is 78.9 Å². The molecule has 0 aliphatic rings. The molecule has 1 atom stereocenters. The minimum atomic E-state index is -0.673. The predicted octanol–water partition coefficient (Wildman–Crippen LogP) is 4.72. The molecule has 1 N–H and O–H groups in total. The number of hydrogen-bond donors (Lipinski definition) is 1. The standard InChI is InChI=1S/C24H25NO4/c1-18(29-23-11-7-6-10-22(23)27-2)24(26)25-20-12-14-21(15-13-20)28-17-16-19-8-4-3-5-9-19/h3-15,18H,16-17H2,1-2H3,(H,25,26). The summed E-state index contributed by atoms with van der Waals surface area (Å²) in [6, 6.07) is 24.7. The largest absolute Gasteiger partial charge is 0.493 e. The summed E-state index contributed by atoms with van der Waals surface area (Å²) in [5, 5.41) is 2.85. The predicted molar refractivity (Wildman–Crippen MR) is 114 cm³/mol. The third kappa shape index (κ3) is 6.01. The summed E-state index contributed by atoms with van der Waals surface area (Å²) in [5.74, 6) is 1.63. The summed E-state index contributed by atoms with van der Waals surface area (Å²) in [7, 11) is 1.57. The number of hydrogen-bond acceptors (Lipinski definition) is 4. The van der Waals surface area contributed by atoms with Crippen LogP contribution in [-0.2, 0) is 11.2 Å². The molecule has 0 fully saturated rings. The number of methoxy groups -OCH3 is 1. The molecule has 3 aromatic rings. The Bertz CT molecular complexity index is 910. The number of anilines is 1. The van der Waals surface area contributed by atoms with Gasteiger partial charge >= 0.3 is 0 Å². The minimum Gasteiger partial charge on any atom is -0.493 e. The smallest absolute Gasteiger partial charge is 0.265 e. The van der Waals surface area contributed by atoms with Crippen molar-refractivity contribution in [2.24, 2.45) is 0 Å². The first-order chi connectivity index (χ1) is 14.2. The summed E-state index contributed by atoms with van der Waals surface area (Å²) < 4.78 is 16.7. The first-order valence-corrected chi connectivity index (χ1v) is 9.53. The van der Waals surface area contributed by atoms with Crippen molar-refractivity contribution < 1.29 is 19.0 Å². The molecule has 1 unspecified atom stereocenters. The van der Waals surface area contributed by atoms with Gasteiger partial charge in [-0.2, -0.15) is 0 Å². The monoisotopic (exact) mass is 391 g/mol. The Morgan fingerprint density at radius 3 is 2.24 bits per heavy atom. The van der Waals surface area contributed by atoms with E-state index in [0.717, 1.165) is 12.2 Å². The number of para-hydroxylation sites is 2. The van der Waals surface area contributed by atoms with Gasteiger partial charge in [-0.3, -0.25) is 4.79 Å². The molecule has 5 nitrogen and oxygen atoms in total. The van der Waals surface area contributed by atoms with Gasteiger partial charge in [0.25, 0.3) is 5.91 Å². The zero-order chi connectivity index (χ0) is 20.5. The van der Waals surface area contributed by atoms with Crippen LogP contribution < -0.4 is 19.5 Å². The highest BCUT2D eigenvalue weighted by molar-refractivity contribution is 5.94. The van der Waals surface area contributed by atoms with Crippen LogP contribution in [0.4, 0.5) is 5.69 Å². The molecule has 0 saturated heterocycles. The molecule has 150 valence electrons. The van der Waals surface area contributed by atoms with Crippen molar-refractivity contribution in [2.75, 3.05) is 19.0 Å². The Hall–Kier alpha value is -3.47. The Labute approximate surface area is 171 Å². The van der Waals surface area contributed by atoms with Gasteiger partial charge in [-0.05, 0) is 48.9 Å². The van der Waals surface area contributed by atoms with Gasteiger partial charge in [0, 0.05) is 12.1 Å². The lowest BCUT2D eigenvalue weighted by molar-refractivity contribution is -0.122. The van der Waals surface area contributed by atoms with Crippen LogP contribution in [0, 0.1) is 0 Å². The Kier molecular flexibility index (Phi) is 7.11. The van der Waals surface area contributed by atoms with Gasteiger partial charge < -0.3 is 19.5 Å². The van der Waals surface area contributed by atoms with Crippen LogP contribution in [0.2, 0.25) is 0 Å². The number of rotatable bonds is 9. The molecule has 0 radical (unpaired) electrons. The van der Waals surface area contributed by atoms with Crippen molar-refractivity contribution in [1.29, 1.82) is 0 Å². The molecule has 0 spiro atoms. The van der Waals surface area contributed by atoms with Crippen molar-refractivity contribution in [2.45, 2.75) is 19.4 Å². The average molecular weight is 391 g/mol. The Balaban J connectivity index is 1.49. The maximum atomic E-state index is 12.4. The Morgan fingerprint density at radius 2 is 1.55 bits per heavy atom. The Morgan fingerprint density at radius 1 is 0.897 bits per heavy atom. The van der Waals surface area contributed by atoms with Gasteiger partial charge in [-0.15, -0.1) is 0 Å². The van der Waals surface area contributed by atoms with Crippen LogP contribution in [-0.4, -0.2) is 25.7 Å². The highest BCUT2D eigenvalue weighted by atomic mass is 16.5. The fourth-order valence-electron chi connectivity index (χ4n) is 2.77. The molecule has 5 heteroatoms. The quantitative estimate of drug-likeness (QED) is 0.573. The molecule has 0 bridgehead atoms. The fourth-order valence-corrected chi connectivity index (χ4v) is 2.77. The summed E-state index contributed by atoms with van der Waals surface area (Å²) in [6.07, 6.45) is 0.171. The van der Waals surface area contributed by atoms with Crippen molar-refractivity contribution in [1.82, 2.24) is 0 Å². The molecule has 0 aliphatic carbocycles. The minimum absolute atomic E-state index is 0.242. The van der Waals surface area contributed by atoms with Crippen LogP contribution >= 0.6 is 0 Å². The molecule has 0 saturated carbocycles. The van der Waals surface area contributed by atoms with E-state index in [9.17, 15) is 4.79 Å². The van der Waals surface area contributed by atoms with Gasteiger partial charge in [-0.25, -0.2) is 0 Å². The van der Waals surface area contributed by atoms with Gasteiger partial charge in [0.05, 0.1) is 13.7 Å². The highest BCUT2D eigenvalue weighted by Crippen LogP contribution is 2.27. The maximum Gasteiger partial charge on any atom is 0.265 e. The van der Waals surface area contributed by atoms with E-state index in [1.165, 1.54) is 5.56 Å². The van der Waals surface area contributed by atoms with E-state index in [2.05, 4.69) is 17.4 Å². The van der Waals surface area contributed by atoms with E-state index in [1.54, 1.807) is 26.2 Å². The number of amides is 1. The first kappa shape index (κ1) is 20.3. The SMILES string of the molecule is COc1ccccc1OC(C)C(=O)Nc1ccc(OCCc2ccccc2)cc1. The van der Waals surface area contributed by atoms with Crippen LogP contribution in [0.5, 0.6) is 17.2 Å². The third-order valence-corrected chi connectivity index (χ3v) is 4.37. The molecule has 1 amide bonds. The number of benzene rings is 3. The average Bonchev–Trinajstić information content (AvgIpc) is 2.76. The highest BCUT2D eigenvalue weighted by Gasteiger charge is 2.16. The van der Waals surface area contributed by atoms with Gasteiger partial charge in [0.1, 0.15) is 5.75 Å². The molecular weight excluding hydrogens is 366 g/mol. The molecular formula is C24H25NO4. The van der Waals surface area contributed by atoms with Gasteiger partial charge in [0.2, 0.25) is 0 Å². The van der Waals surface area contributed by atoms with E-state index < -0.39 is 6.10 Å². The maximum absolute atomic E-state index is 12.4. The molecule has 0 aliphatic heterocycles.